The van der Waals surface area contributed by atoms with Crippen LogP contribution >= 0.6 is 0 Å². The monoisotopic (exact) mass is 336 g/mol. The van der Waals surface area contributed by atoms with Gasteiger partial charge in [-0.3, -0.25) is 4.79 Å². The van der Waals surface area contributed by atoms with Crippen LogP contribution in [0.2, 0.25) is 0 Å². The molecule has 1 atom stereocenters. The smallest absolute Gasteiger partial charge is 0.231 e. The van der Waals surface area contributed by atoms with E-state index in [4.69, 9.17) is 9.47 Å². The number of β-lactam (4-membered cyclic amide) rings is 1. The van der Waals surface area contributed by atoms with Gasteiger partial charge in [-0.2, -0.15) is 0 Å². The SMILES string of the molecule is O=C1N[C@@H](c2ccccc2)C12CCN(c1ccc3c(c1)OCO3)CC2. The van der Waals surface area contributed by atoms with Gasteiger partial charge in [-0.05, 0) is 30.5 Å². The van der Waals surface area contributed by atoms with Gasteiger partial charge in [-0.25, -0.2) is 0 Å². The molecule has 1 N–H and O–H groups in total. The van der Waals surface area contributed by atoms with Gasteiger partial charge in [-0.1, -0.05) is 30.3 Å². The lowest BCUT2D eigenvalue weighted by Crippen LogP contribution is -2.64. The summed E-state index contributed by atoms with van der Waals surface area (Å²) in [6.45, 7) is 2.04. The van der Waals surface area contributed by atoms with Crippen molar-refractivity contribution in [2.45, 2.75) is 18.9 Å². The number of nitrogens with one attached hydrogen (secondary N) is 1. The number of rotatable bonds is 2. The molecule has 128 valence electrons. The Morgan fingerprint density at radius 2 is 1.76 bits per heavy atom. The Balaban J connectivity index is 1.34. The lowest BCUT2D eigenvalue weighted by molar-refractivity contribution is -0.148. The van der Waals surface area contributed by atoms with Crippen LogP contribution in [0.5, 0.6) is 11.5 Å². The predicted molar refractivity (Wildman–Crippen MR) is 93.8 cm³/mol. The molecular formula is C20H20N2O3. The van der Waals surface area contributed by atoms with Gasteiger partial charge in [0.05, 0.1) is 11.5 Å². The van der Waals surface area contributed by atoms with Crippen molar-refractivity contribution in [1.82, 2.24) is 5.32 Å². The molecule has 0 bridgehead atoms. The van der Waals surface area contributed by atoms with Crippen molar-refractivity contribution in [3.63, 3.8) is 0 Å². The zero-order valence-corrected chi connectivity index (χ0v) is 13.9. The molecule has 1 spiro atoms. The maximum Gasteiger partial charge on any atom is 0.231 e. The lowest BCUT2D eigenvalue weighted by Gasteiger charge is -2.53. The van der Waals surface area contributed by atoms with Gasteiger partial charge in [0.15, 0.2) is 11.5 Å². The number of benzene rings is 2. The van der Waals surface area contributed by atoms with Crippen LogP contribution in [0.15, 0.2) is 48.5 Å². The summed E-state index contributed by atoms with van der Waals surface area (Å²) in [5.74, 6) is 1.81. The second-order valence-corrected chi connectivity index (χ2v) is 7.00. The second kappa shape index (κ2) is 5.41. The van der Waals surface area contributed by atoms with E-state index in [0.717, 1.165) is 43.1 Å². The van der Waals surface area contributed by atoms with Crippen molar-refractivity contribution in [2.24, 2.45) is 5.41 Å². The van der Waals surface area contributed by atoms with Crippen LogP contribution < -0.4 is 19.7 Å². The standard InChI is InChI=1S/C20H20N2O3/c23-19-20(18(21-19)14-4-2-1-3-5-14)8-10-22(11-9-20)15-6-7-16-17(12-15)25-13-24-16/h1-7,12,18H,8-11,13H2,(H,21,23)/t18-/m0/s1. The van der Waals surface area contributed by atoms with Gasteiger partial charge in [0.25, 0.3) is 0 Å². The van der Waals surface area contributed by atoms with Gasteiger partial charge in [0.1, 0.15) is 0 Å². The molecule has 5 heteroatoms. The Morgan fingerprint density at radius 3 is 2.52 bits per heavy atom. The molecule has 3 heterocycles. The summed E-state index contributed by atoms with van der Waals surface area (Å²) in [5, 5.41) is 3.11. The first-order valence-corrected chi connectivity index (χ1v) is 8.77. The molecular weight excluding hydrogens is 316 g/mol. The number of hydrogen-bond donors (Lipinski definition) is 1. The van der Waals surface area contributed by atoms with Crippen molar-refractivity contribution < 1.29 is 14.3 Å². The summed E-state index contributed by atoms with van der Waals surface area (Å²) >= 11 is 0. The molecule has 2 aromatic carbocycles. The largest absolute Gasteiger partial charge is 0.454 e. The highest BCUT2D eigenvalue weighted by atomic mass is 16.7. The highest BCUT2D eigenvalue weighted by molar-refractivity contribution is 5.91. The van der Waals surface area contributed by atoms with E-state index in [9.17, 15) is 4.79 Å². The average Bonchev–Trinajstić information content (AvgIpc) is 3.14. The Bertz CT molecular complexity index is 813. The molecule has 2 fully saturated rings. The van der Waals surface area contributed by atoms with E-state index in [1.165, 1.54) is 5.56 Å². The number of fused-ring (bicyclic) bond motifs is 1. The Labute approximate surface area is 146 Å². The molecule has 0 saturated carbocycles. The predicted octanol–water partition coefficient (Wildman–Crippen LogP) is 2.87. The Kier molecular flexibility index (Phi) is 3.17. The van der Waals surface area contributed by atoms with Crippen LogP contribution in [0, 0.1) is 5.41 Å². The molecule has 2 aromatic rings. The fraction of sp³-hybridized carbons (Fsp3) is 0.350. The third-order valence-corrected chi connectivity index (χ3v) is 5.79. The Morgan fingerprint density at radius 1 is 1.00 bits per heavy atom. The number of amides is 1. The molecule has 5 rings (SSSR count). The van der Waals surface area contributed by atoms with E-state index < -0.39 is 0 Å². The molecule has 1 amide bonds. The summed E-state index contributed by atoms with van der Waals surface area (Å²) in [6, 6.07) is 16.5. The van der Waals surface area contributed by atoms with Crippen LogP contribution in [0.4, 0.5) is 5.69 Å². The summed E-state index contributed by atoms with van der Waals surface area (Å²) in [6.07, 6.45) is 1.74. The molecule has 3 aliphatic heterocycles. The highest BCUT2D eigenvalue weighted by Crippen LogP contribution is 2.50. The van der Waals surface area contributed by atoms with E-state index in [1.54, 1.807) is 0 Å². The zero-order chi connectivity index (χ0) is 16.9. The van der Waals surface area contributed by atoms with E-state index in [2.05, 4.69) is 28.4 Å². The first-order valence-electron chi connectivity index (χ1n) is 8.77. The number of piperidine rings is 1. The summed E-state index contributed by atoms with van der Waals surface area (Å²) in [4.78, 5) is 14.8. The number of nitrogens with zero attached hydrogens (tertiary/aromatic N) is 1. The van der Waals surface area contributed by atoms with Gasteiger partial charge < -0.3 is 19.7 Å². The van der Waals surface area contributed by atoms with Crippen LogP contribution in [0.1, 0.15) is 24.4 Å². The first-order chi connectivity index (χ1) is 12.3. The minimum atomic E-state index is -0.256. The van der Waals surface area contributed by atoms with Crippen molar-refractivity contribution >= 4 is 11.6 Å². The Hall–Kier alpha value is -2.69. The lowest BCUT2D eigenvalue weighted by atomic mass is 9.64. The maximum absolute atomic E-state index is 12.4. The minimum Gasteiger partial charge on any atom is -0.454 e. The summed E-state index contributed by atoms with van der Waals surface area (Å²) < 4.78 is 10.9. The maximum atomic E-state index is 12.4. The quantitative estimate of drug-likeness (QED) is 0.857. The molecule has 5 nitrogen and oxygen atoms in total. The van der Waals surface area contributed by atoms with E-state index in [1.807, 2.05) is 30.3 Å². The number of ether oxygens (including phenoxy) is 2. The van der Waals surface area contributed by atoms with Crippen LogP contribution in [0.25, 0.3) is 0 Å². The molecule has 0 radical (unpaired) electrons. The minimum absolute atomic E-state index is 0.139. The molecule has 0 aliphatic carbocycles. The van der Waals surface area contributed by atoms with Gasteiger partial charge in [-0.15, -0.1) is 0 Å². The fourth-order valence-corrected chi connectivity index (χ4v) is 4.28. The first kappa shape index (κ1) is 14.6. The normalized spacial score (nSPS) is 23.3. The molecule has 2 saturated heterocycles. The van der Waals surface area contributed by atoms with E-state index in [-0.39, 0.29) is 17.4 Å². The van der Waals surface area contributed by atoms with Gasteiger partial charge in [0, 0.05) is 24.8 Å². The number of anilines is 1. The van der Waals surface area contributed by atoms with Crippen LogP contribution in [-0.4, -0.2) is 25.8 Å². The molecule has 0 aromatic heterocycles. The number of carbonyl (C=O) groups is 1. The third kappa shape index (κ3) is 2.18. The topological polar surface area (TPSA) is 50.8 Å². The summed E-state index contributed by atoms with van der Waals surface area (Å²) in [7, 11) is 0. The van der Waals surface area contributed by atoms with Crippen molar-refractivity contribution in [2.75, 3.05) is 24.8 Å². The zero-order valence-electron chi connectivity index (χ0n) is 13.9. The van der Waals surface area contributed by atoms with Crippen molar-refractivity contribution in [1.29, 1.82) is 0 Å². The van der Waals surface area contributed by atoms with E-state index >= 15 is 0 Å². The van der Waals surface area contributed by atoms with Gasteiger partial charge >= 0.3 is 0 Å². The summed E-state index contributed by atoms with van der Waals surface area (Å²) in [5.41, 5.74) is 2.09. The number of carbonyl (C=O) groups excluding carboxylic acids is 1. The van der Waals surface area contributed by atoms with Gasteiger partial charge in [0.2, 0.25) is 12.7 Å². The van der Waals surface area contributed by atoms with Crippen LogP contribution in [0.3, 0.4) is 0 Å². The fourth-order valence-electron chi connectivity index (χ4n) is 4.28. The van der Waals surface area contributed by atoms with Crippen molar-refractivity contribution in [3.8, 4) is 11.5 Å². The van der Waals surface area contributed by atoms with E-state index in [0.29, 0.717) is 6.79 Å². The second-order valence-electron chi connectivity index (χ2n) is 7.00. The average molecular weight is 336 g/mol. The van der Waals surface area contributed by atoms with Crippen LogP contribution in [-0.2, 0) is 4.79 Å². The highest BCUT2D eigenvalue weighted by Gasteiger charge is 2.56. The molecule has 25 heavy (non-hydrogen) atoms. The third-order valence-electron chi connectivity index (χ3n) is 5.79. The van der Waals surface area contributed by atoms with Crippen molar-refractivity contribution in [3.05, 3.63) is 54.1 Å². The molecule has 3 aliphatic rings. The number of hydrogen-bond acceptors (Lipinski definition) is 4. The molecule has 0 unspecified atom stereocenters.